The van der Waals surface area contributed by atoms with Crippen molar-refractivity contribution >= 4 is 21.1 Å². The maximum atomic E-state index is 5.51. The van der Waals surface area contributed by atoms with E-state index in [9.17, 15) is 0 Å². The van der Waals surface area contributed by atoms with Gasteiger partial charge in [0.05, 0.1) is 0 Å². The van der Waals surface area contributed by atoms with Crippen LogP contribution in [0.1, 0.15) is 13.3 Å². The van der Waals surface area contributed by atoms with Crippen LogP contribution < -0.4 is 5.73 Å². The minimum absolute atomic E-state index is 0.0730. The predicted molar refractivity (Wildman–Crippen MR) is 34.7 cm³/mol. The maximum absolute atomic E-state index is 5.51. The molecule has 0 saturated heterocycles. The van der Waals surface area contributed by atoms with Crippen molar-refractivity contribution in [1.29, 1.82) is 0 Å². The van der Waals surface area contributed by atoms with Gasteiger partial charge in [0.15, 0.2) is 0 Å². The SMILES string of the molecule is [CH3][Sn+2][CH2]CC(C)N. The average Bonchev–Trinajstić information content (AvgIpc) is 1.61. The molecule has 0 spiro atoms. The minimum atomic E-state index is 0.0730. The van der Waals surface area contributed by atoms with E-state index in [0.29, 0.717) is 6.04 Å². The summed E-state index contributed by atoms with van der Waals surface area (Å²) in [5, 5.41) is 0. The first-order chi connectivity index (χ1) is 3.27. The Balaban J connectivity index is 2.68. The summed E-state index contributed by atoms with van der Waals surface area (Å²) in [6.07, 6.45) is 1.25. The Labute approximate surface area is 55.9 Å². The van der Waals surface area contributed by atoms with Crippen molar-refractivity contribution in [2.45, 2.75) is 28.8 Å². The zero-order valence-corrected chi connectivity index (χ0v) is 7.92. The summed E-state index contributed by atoms with van der Waals surface area (Å²) in [4.78, 5) is 2.35. The molecule has 2 heteroatoms. The topological polar surface area (TPSA) is 26.0 Å². The molecular formula is C5H13NSn+2. The summed E-state index contributed by atoms with van der Waals surface area (Å²) in [5.41, 5.74) is 5.51. The van der Waals surface area contributed by atoms with E-state index in [1.54, 1.807) is 0 Å². The zero-order chi connectivity index (χ0) is 5.70. The second-order valence-electron chi connectivity index (χ2n) is 1.87. The predicted octanol–water partition coefficient (Wildman–Crippen LogP) is 0.894. The molecule has 0 heterocycles. The number of nitrogens with two attached hydrogens (primary N) is 1. The second-order valence-corrected chi connectivity index (χ2v) is 5.31. The Morgan fingerprint density at radius 1 is 1.71 bits per heavy atom. The Morgan fingerprint density at radius 2 is 2.29 bits per heavy atom. The van der Waals surface area contributed by atoms with E-state index < -0.39 is 0 Å². The first kappa shape index (κ1) is 7.76. The first-order valence-electron chi connectivity index (χ1n) is 2.67. The van der Waals surface area contributed by atoms with Crippen molar-refractivity contribution in [1.82, 2.24) is 0 Å². The molecule has 0 aromatic heterocycles. The first-order valence-corrected chi connectivity index (χ1v) is 7.54. The Kier molecular flexibility index (Phi) is 5.44. The molecule has 0 rings (SSSR count). The van der Waals surface area contributed by atoms with Crippen molar-refractivity contribution in [3.05, 3.63) is 0 Å². The van der Waals surface area contributed by atoms with Crippen LogP contribution in [0.5, 0.6) is 0 Å². The van der Waals surface area contributed by atoms with Crippen LogP contribution in [0.25, 0.3) is 0 Å². The van der Waals surface area contributed by atoms with Gasteiger partial charge in [-0.25, -0.2) is 0 Å². The fourth-order valence-corrected chi connectivity index (χ4v) is 2.50. The fourth-order valence-electron chi connectivity index (χ4n) is 0.372. The molecule has 0 fully saturated rings. The number of rotatable bonds is 3. The average molecular weight is 206 g/mol. The summed E-state index contributed by atoms with van der Waals surface area (Å²) in [5.74, 6) is 0. The van der Waals surface area contributed by atoms with Crippen LogP contribution in [-0.4, -0.2) is 27.2 Å². The second kappa shape index (κ2) is 4.91. The van der Waals surface area contributed by atoms with Gasteiger partial charge < -0.3 is 0 Å². The molecule has 1 nitrogen and oxygen atoms in total. The van der Waals surface area contributed by atoms with E-state index in [1.165, 1.54) is 10.9 Å². The van der Waals surface area contributed by atoms with Crippen LogP contribution in [-0.2, 0) is 0 Å². The van der Waals surface area contributed by atoms with E-state index in [2.05, 4.69) is 11.9 Å². The van der Waals surface area contributed by atoms with Crippen molar-refractivity contribution < 1.29 is 0 Å². The standard InChI is InChI=1S/C4H10N.CH3.Sn/c1-3-4(2)5;;/h4H,1,3,5H2,2H3;1H3;/q;;+2. The van der Waals surface area contributed by atoms with Crippen LogP contribution in [0, 0.1) is 0 Å². The monoisotopic (exact) mass is 207 g/mol. The zero-order valence-electron chi connectivity index (χ0n) is 5.07. The van der Waals surface area contributed by atoms with Gasteiger partial charge in [0.1, 0.15) is 0 Å². The molecule has 0 aliphatic carbocycles. The molecule has 2 N–H and O–H groups in total. The van der Waals surface area contributed by atoms with E-state index in [1.807, 2.05) is 0 Å². The number of hydrogen-bond donors (Lipinski definition) is 1. The number of hydrogen-bond acceptors (Lipinski definition) is 1. The van der Waals surface area contributed by atoms with Crippen molar-refractivity contribution in [2.24, 2.45) is 5.73 Å². The van der Waals surface area contributed by atoms with E-state index in [4.69, 9.17) is 5.73 Å². The third-order valence-corrected chi connectivity index (χ3v) is 3.10. The van der Waals surface area contributed by atoms with Crippen LogP contribution in [0.3, 0.4) is 0 Å². The van der Waals surface area contributed by atoms with Crippen molar-refractivity contribution in [2.75, 3.05) is 0 Å². The molecule has 7 heavy (non-hydrogen) atoms. The summed E-state index contributed by atoms with van der Waals surface area (Å²) in [6, 6.07) is 0.445. The van der Waals surface area contributed by atoms with Gasteiger partial charge >= 0.3 is 55.6 Å². The van der Waals surface area contributed by atoms with Gasteiger partial charge in [0, 0.05) is 0 Å². The van der Waals surface area contributed by atoms with E-state index in [-0.39, 0.29) is 21.1 Å². The molecular weight excluding hydrogens is 193 g/mol. The van der Waals surface area contributed by atoms with Gasteiger partial charge in [-0.3, -0.25) is 0 Å². The molecule has 0 saturated carbocycles. The molecule has 0 radical (unpaired) electrons. The summed E-state index contributed by atoms with van der Waals surface area (Å²) in [7, 11) is 0. The van der Waals surface area contributed by atoms with Crippen LogP contribution in [0.2, 0.25) is 9.38 Å². The van der Waals surface area contributed by atoms with Gasteiger partial charge in [-0.2, -0.15) is 0 Å². The normalized spacial score (nSPS) is 13.0. The Morgan fingerprint density at radius 3 is 2.43 bits per heavy atom. The molecule has 0 aromatic carbocycles. The van der Waals surface area contributed by atoms with Crippen molar-refractivity contribution in [3.8, 4) is 0 Å². The molecule has 0 bridgehead atoms. The van der Waals surface area contributed by atoms with Gasteiger partial charge in [0.25, 0.3) is 0 Å². The van der Waals surface area contributed by atoms with Gasteiger partial charge in [0.2, 0.25) is 0 Å². The van der Waals surface area contributed by atoms with Crippen LogP contribution >= 0.6 is 0 Å². The molecule has 1 atom stereocenters. The summed E-state index contributed by atoms with van der Waals surface area (Å²) >= 11 is 0.0730. The molecule has 0 aromatic rings. The fraction of sp³-hybridized carbons (Fsp3) is 1.00. The summed E-state index contributed by atoms with van der Waals surface area (Å²) < 4.78 is 1.45. The van der Waals surface area contributed by atoms with Gasteiger partial charge in [-0.05, 0) is 0 Å². The molecule has 0 aliphatic rings. The Hall–Kier alpha value is 0.759. The third kappa shape index (κ3) is 6.76. The molecule has 40 valence electrons. The third-order valence-electron chi connectivity index (χ3n) is 0.850. The van der Waals surface area contributed by atoms with Gasteiger partial charge in [-0.15, -0.1) is 0 Å². The van der Waals surface area contributed by atoms with E-state index >= 15 is 0 Å². The molecule has 0 aliphatic heterocycles. The van der Waals surface area contributed by atoms with E-state index in [0.717, 1.165) is 0 Å². The molecule has 0 amide bonds. The van der Waals surface area contributed by atoms with Crippen molar-refractivity contribution in [3.63, 3.8) is 0 Å². The van der Waals surface area contributed by atoms with Gasteiger partial charge in [-0.1, -0.05) is 0 Å². The quantitative estimate of drug-likeness (QED) is 0.681. The summed E-state index contributed by atoms with van der Waals surface area (Å²) in [6.45, 7) is 2.08. The Bertz CT molecular complexity index is 37.1. The van der Waals surface area contributed by atoms with Crippen LogP contribution in [0.15, 0.2) is 0 Å². The van der Waals surface area contributed by atoms with Crippen LogP contribution in [0.4, 0.5) is 0 Å². The molecule has 1 unspecified atom stereocenters.